The number of hydrogen-bond donors (Lipinski definition) is 1. The van der Waals surface area contributed by atoms with Gasteiger partial charge in [-0.25, -0.2) is 0 Å². The highest BCUT2D eigenvalue weighted by atomic mass is 15.1. The van der Waals surface area contributed by atoms with Gasteiger partial charge in [0.25, 0.3) is 0 Å². The first-order chi connectivity index (χ1) is 5.75. The lowest BCUT2D eigenvalue weighted by molar-refractivity contribution is 0.225. The molecule has 3 unspecified atom stereocenters. The van der Waals surface area contributed by atoms with Crippen LogP contribution in [-0.2, 0) is 0 Å². The number of likely N-dealkylation sites (tertiary alicyclic amines) is 1. The fourth-order valence-corrected chi connectivity index (χ4v) is 2.16. The number of piperidine rings is 1. The summed E-state index contributed by atoms with van der Waals surface area (Å²) in [6, 6.07) is 1.63. The first-order valence-electron chi connectivity index (χ1n) is 5.20. The Morgan fingerprint density at radius 1 is 1.42 bits per heavy atom. The molecule has 0 bridgehead atoms. The maximum absolute atomic E-state index is 3.73. The standard InChI is InChI=1S/C10H20N2/c1-8-6-10(8)11-9-4-3-5-12(2)7-9/h8-11H,3-7H2,1-2H3. The van der Waals surface area contributed by atoms with E-state index in [4.69, 9.17) is 0 Å². The van der Waals surface area contributed by atoms with Crippen LogP contribution in [0.3, 0.4) is 0 Å². The highest BCUT2D eigenvalue weighted by Crippen LogP contribution is 2.30. The third kappa shape index (κ3) is 1.99. The Kier molecular flexibility index (Phi) is 2.37. The molecule has 0 aromatic rings. The van der Waals surface area contributed by atoms with Gasteiger partial charge in [0, 0.05) is 18.6 Å². The summed E-state index contributed by atoms with van der Waals surface area (Å²) < 4.78 is 0. The molecule has 70 valence electrons. The van der Waals surface area contributed by atoms with Crippen molar-refractivity contribution in [2.75, 3.05) is 20.1 Å². The molecule has 2 nitrogen and oxygen atoms in total. The van der Waals surface area contributed by atoms with Gasteiger partial charge >= 0.3 is 0 Å². The van der Waals surface area contributed by atoms with Crippen molar-refractivity contribution in [3.8, 4) is 0 Å². The van der Waals surface area contributed by atoms with Gasteiger partial charge in [0.05, 0.1) is 0 Å². The molecule has 2 fully saturated rings. The quantitative estimate of drug-likeness (QED) is 0.663. The van der Waals surface area contributed by atoms with E-state index >= 15 is 0 Å². The average Bonchev–Trinajstić information content (AvgIpc) is 2.66. The largest absolute Gasteiger partial charge is 0.310 e. The Bertz CT molecular complexity index is 158. The lowest BCUT2D eigenvalue weighted by Crippen LogP contribution is -2.45. The lowest BCUT2D eigenvalue weighted by atomic mass is 10.1. The average molecular weight is 168 g/mol. The normalized spacial score (nSPS) is 43.0. The highest BCUT2D eigenvalue weighted by Gasteiger charge is 2.34. The van der Waals surface area contributed by atoms with Gasteiger partial charge in [-0.05, 0) is 38.8 Å². The Morgan fingerprint density at radius 2 is 2.17 bits per heavy atom. The minimum atomic E-state index is 0.777. The third-order valence-corrected chi connectivity index (χ3v) is 3.18. The Hall–Kier alpha value is -0.0800. The molecule has 3 atom stereocenters. The third-order valence-electron chi connectivity index (χ3n) is 3.18. The van der Waals surface area contributed by atoms with Crippen LogP contribution in [-0.4, -0.2) is 37.1 Å². The SMILES string of the molecule is CC1CC1NC1CCCN(C)C1. The van der Waals surface area contributed by atoms with Crippen molar-refractivity contribution in [3.05, 3.63) is 0 Å². The van der Waals surface area contributed by atoms with E-state index in [9.17, 15) is 0 Å². The maximum atomic E-state index is 3.73. The van der Waals surface area contributed by atoms with Crippen molar-refractivity contribution in [1.29, 1.82) is 0 Å². The van der Waals surface area contributed by atoms with Crippen LogP contribution in [0.5, 0.6) is 0 Å². The van der Waals surface area contributed by atoms with Crippen molar-refractivity contribution in [2.45, 2.75) is 38.3 Å². The summed E-state index contributed by atoms with van der Waals surface area (Å²) in [5.74, 6) is 0.942. The molecule has 1 aliphatic heterocycles. The summed E-state index contributed by atoms with van der Waals surface area (Å²) in [6.07, 6.45) is 4.16. The van der Waals surface area contributed by atoms with E-state index in [1.807, 2.05) is 0 Å². The molecule has 2 aliphatic rings. The molecule has 1 saturated carbocycles. The molecule has 0 aromatic heterocycles. The van der Waals surface area contributed by atoms with E-state index in [1.165, 1.54) is 32.4 Å². The summed E-state index contributed by atoms with van der Waals surface area (Å²) in [5.41, 5.74) is 0. The molecule has 0 spiro atoms. The highest BCUT2D eigenvalue weighted by molar-refractivity contribution is 4.93. The van der Waals surface area contributed by atoms with Gasteiger partial charge in [0.2, 0.25) is 0 Å². The number of hydrogen-bond acceptors (Lipinski definition) is 2. The topological polar surface area (TPSA) is 15.3 Å². The molecular formula is C10H20N2. The van der Waals surface area contributed by atoms with Gasteiger partial charge in [-0.2, -0.15) is 0 Å². The zero-order chi connectivity index (χ0) is 8.55. The molecule has 1 heterocycles. The molecule has 1 aliphatic carbocycles. The van der Waals surface area contributed by atoms with Gasteiger partial charge < -0.3 is 10.2 Å². The van der Waals surface area contributed by atoms with E-state index in [0.717, 1.165) is 18.0 Å². The minimum absolute atomic E-state index is 0.777. The summed E-state index contributed by atoms with van der Waals surface area (Å²) >= 11 is 0. The number of rotatable bonds is 2. The zero-order valence-corrected chi connectivity index (χ0v) is 8.21. The van der Waals surface area contributed by atoms with E-state index in [0.29, 0.717) is 0 Å². The Labute approximate surface area is 75.3 Å². The van der Waals surface area contributed by atoms with Crippen molar-refractivity contribution < 1.29 is 0 Å². The van der Waals surface area contributed by atoms with Crippen LogP contribution in [0.4, 0.5) is 0 Å². The summed E-state index contributed by atoms with van der Waals surface area (Å²) in [7, 11) is 2.23. The predicted molar refractivity (Wildman–Crippen MR) is 51.2 cm³/mol. The second kappa shape index (κ2) is 3.35. The smallest absolute Gasteiger partial charge is 0.0198 e. The first-order valence-corrected chi connectivity index (χ1v) is 5.20. The van der Waals surface area contributed by atoms with E-state index in [1.54, 1.807) is 0 Å². The van der Waals surface area contributed by atoms with Crippen LogP contribution < -0.4 is 5.32 Å². The van der Waals surface area contributed by atoms with Crippen LogP contribution >= 0.6 is 0 Å². The number of nitrogens with one attached hydrogen (secondary N) is 1. The second-order valence-electron chi connectivity index (χ2n) is 4.59. The summed E-state index contributed by atoms with van der Waals surface area (Å²) in [5, 5.41) is 3.73. The van der Waals surface area contributed by atoms with Crippen LogP contribution in [0.25, 0.3) is 0 Å². The molecular weight excluding hydrogens is 148 g/mol. The molecule has 1 N–H and O–H groups in total. The Morgan fingerprint density at radius 3 is 2.75 bits per heavy atom. The fraction of sp³-hybridized carbons (Fsp3) is 1.00. The van der Waals surface area contributed by atoms with Gasteiger partial charge in [-0.15, -0.1) is 0 Å². The lowest BCUT2D eigenvalue weighted by Gasteiger charge is -2.30. The van der Waals surface area contributed by atoms with E-state index < -0.39 is 0 Å². The fourth-order valence-electron chi connectivity index (χ4n) is 2.16. The second-order valence-corrected chi connectivity index (χ2v) is 4.59. The van der Waals surface area contributed by atoms with E-state index in [2.05, 4.69) is 24.2 Å². The predicted octanol–water partition coefficient (Wildman–Crippen LogP) is 1.08. The van der Waals surface area contributed by atoms with Gasteiger partial charge in [-0.1, -0.05) is 6.92 Å². The van der Waals surface area contributed by atoms with Crippen LogP contribution in [0.15, 0.2) is 0 Å². The summed E-state index contributed by atoms with van der Waals surface area (Å²) in [4.78, 5) is 2.44. The molecule has 12 heavy (non-hydrogen) atoms. The van der Waals surface area contributed by atoms with Crippen molar-refractivity contribution in [2.24, 2.45) is 5.92 Å². The zero-order valence-electron chi connectivity index (χ0n) is 8.21. The van der Waals surface area contributed by atoms with Gasteiger partial charge in [0.15, 0.2) is 0 Å². The molecule has 0 aromatic carbocycles. The monoisotopic (exact) mass is 168 g/mol. The van der Waals surface area contributed by atoms with Crippen molar-refractivity contribution in [1.82, 2.24) is 10.2 Å². The van der Waals surface area contributed by atoms with E-state index in [-0.39, 0.29) is 0 Å². The number of likely N-dealkylation sites (N-methyl/N-ethyl adjacent to an activating group) is 1. The molecule has 0 radical (unpaired) electrons. The van der Waals surface area contributed by atoms with Crippen LogP contribution in [0.1, 0.15) is 26.2 Å². The molecule has 0 amide bonds. The Balaban J connectivity index is 1.72. The van der Waals surface area contributed by atoms with Gasteiger partial charge in [-0.3, -0.25) is 0 Å². The molecule has 1 saturated heterocycles. The summed E-state index contributed by atoms with van der Waals surface area (Å²) in [6.45, 7) is 4.88. The van der Waals surface area contributed by atoms with Crippen molar-refractivity contribution >= 4 is 0 Å². The molecule has 2 rings (SSSR count). The van der Waals surface area contributed by atoms with Crippen LogP contribution in [0.2, 0.25) is 0 Å². The number of nitrogens with zero attached hydrogens (tertiary/aromatic N) is 1. The minimum Gasteiger partial charge on any atom is -0.310 e. The van der Waals surface area contributed by atoms with Crippen LogP contribution in [0, 0.1) is 5.92 Å². The van der Waals surface area contributed by atoms with Gasteiger partial charge in [0.1, 0.15) is 0 Å². The maximum Gasteiger partial charge on any atom is 0.0198 e. The molecule has 2 heteroatoms. The first kappa shape index (κ1) is 8.52. The van der Waals surface area contributed by atoms with Crippen molar-refractivity contribution in [3.63, 3.8) is 0 Å².